The zero-order valence-corrected chi connectivity index (χ0v) is 16.4. The van der Waals surface area contributed by atoms with Gasteiger partial charge in [0.15, 0.2) is 0 Å². The Balaban J connectivity index is 1.87. The number of pyridine rings is 1. The number of nitrogens with zero attached hydrogens (tertiary/aromatic N) is 2. The van der Waals surface area contributed by atoms with E-state index in [4.69, 9.17) is 0 Å². The summed E-state index contributed by atoms with van der Waals surface area (Å²) in [5, 5.41) is 0. The van der Waals surface area contributed by atoms with E-state index in [0.717, 1.165) is 14.9 Å². The predicted octanol–water partition coefficient (Wildman–Crippen LogP) is 4.24. The lowest BCUT2D eigenvalue weighted by molar-refractivity contribution is 0.345. The summed E-state index contributed by atoms with van der Waals surface area (Å²) < 4.78 is 29.4. The van der Waals surface area contributed by atoms with Crippen molar-refractivity contribution < 1.29 is 8.42 Å². The zero-order valence-electron chi connectivity index (χ0n) is 13.2. The summed E-state index contributed by atoms with van der Waals surface area (Å²) in [6, 6.07) is 14.9. The van der Waals surface area contributed by atoms with Crippen LogP contribution in [0.3, 0.4) is 0 Å². The van der Waals surface area contributed by atoms with Gasteiger partial charge in [0.25, 0.3) is 10.0 Å². The first-order valence-corrected chi connectivity index (χ1v) is 10.9. The molecule has 25 heavy (non-hydrogen) atoms. The van der Waals surface area contributed by atoms with Gasteiger partial charge in [-0.2, -0.15) is 4.31 Å². The third-order valence-electron chi connectivity index (χ3n) is 4.37. The molecular formula is C18H15BrN2O2S2. The molecule has 4 rings (SSSR count). The van der Waals surface area contributed by atoms with E-state index < -0.39 is 10.0 Å². The Morgan fingerprint density at radius 2 is 1.84 bits per heavy atom. The van der Waals surface area contributed by atoms with Crippen LogP contribution in [0.25, 0.3) is 0 Å². The summed E-state index contributed by atoms with van der Waals surface area (Å²) >= 11 is 4.60. The van der Waals surface area contributed by atoms with Gasteiger partial charge in [-0.25, -0.2) is 8.42 Å². The van der Waals surface area contributed by atoms with Gasteiger partial charge in [-0.1, -0.05) is 24.3 Å². The first-order valence-electron chi connectivity index (χ1n) is 7.82. The third-order valence-corrected chi connectivity index (χ3v) is 8.33. The number of thiophene rings is 1. The third kappa shape index (κ3) is 3.06. The lowest BCUT2D eigenvalue weighted by atomic mass is 9.90. The molecule has 0 radical (unpaired) electrons. The standard InChI is InChI=1S/C18H15BrN2O2S2/c19-16-5-6-17(24-16)25(22,23)21-12-9-13-3-1-2-4-15(13)18(21)14-7-10-20-11-8-14/h1-8,10-11,18H,9,12H2. The number of rotatable bonds is 3. The fourth-order valence-electron chi connectivity index (χ4n) is 3.25. The minimum Gasteiger partial charge on any atom is -0.265 e. The molecule has 0 saturated heterocycles. The van der Waals surface area contributed by atoms with Crippen molar-refractivity contribution >= 4 is 37.3 Å². The summed E-state index contributed by atoms with van der Waals surface area (Å²) in [5.41, 5.74) is 3.17. The second-order valence-corrected chi connectivity index (χ2v) is 10.4. The van der Waals surface area contributed by atoms with Crippen molar-refractivity contribution in [3.63, 3.8) is 0 Å². The maximum atomic E-state index is 13.3. The van der Waals surface area contributed by atoms with Crippen LogP contribution >= 0.6 is 27.3 Å². The van der Waals surface area contributed by atoms with Gasteiger partial charge in [0.05, 0.1) is 9.83 Å². The minimum absolute atomic E-state index is 0.334. The fraction of sp³-hybridized carbons (Fsp3) is 0.167. The van der Waals surface area contributed by atoms with Crippen molar-refractivity contribution in [1.29, 1.82) is 0 Å². The Bertz CT molecular complexity index is 1000. The van der Waals surface area contributed by atoms with Crippen LogP contribution in [0.2, 0.25) is 0 Å². The molecule has 0 fully saturated rings. The van der Waals surface area contributed by atoms with E-state index in [1.54, 1.807) is 28.8 Å². The second-order valence-electron chi connectivity index (χ2n) is 5.81. The minimum atomic E-state index is -3.58. The number of hydrogen-bond acceptors (Lipinski definition) is 4. The molecule has 3 heterocycles. The van der Waals surface area contributed by atoms with E-state index in [0.29, 0.717) is 17.2 Å². The van der Waals surface area contributed by atoms with Gasteiger partial charge >= 0.3 is 0 Å². The normalized spacial score (nSPS) is 18.0. The first kappa shape index (κ1) is 16.9. The SMILES string of the molecule is O=S(=O)(c1ccc(Br)s1)N1CCc2ccccc2C1c1ccncc1. The van der Waals surface area contributed by atoms with Crippen molar-refractivity contribution in [2.75, 3.05) is 6.54 Å². The summed E-state index contributed by atoms with van der Waals surface area (Å²) in [4.78, 5) is 4.07. The molecular weight excluding hydrogens is 420 g/mol. The molecule has 1 aliphatic heterocycles. The first-order chi connectivity index (χ1) is 12.1. The van der Waals surface area contributed by atoms with E-state index in [1.165, 1.54) is 16.9 Å². The summed E-state index contributed by atoms with van der Waals surface area (Å²) in [7, 11) is -3.58. The smallest absolute Gasteiger partial charge is 0.253 e. The summed E-state index contributed by atoms with van der Waals surface area (Å²) in [6.07, 6.45) is 4.13. The van der Waals surface area contributed by atoms with E-state index in [1.807, 2.05) is 30.3 Å². The van der Waals surface area contributed by atoms with Crippen LogP contribution in [0.4, 0.5) is 0 Å². The molecule has 7 heteroatoms. The molecule has 128 valence electrons. The number of fused-ring (bicyclic) bond motifs is 1. The van der Waals surface area contributed by atoms with E-state index in [2.05, 4.69) is 27.0 Å². The van der Waals surface area contributed by atoms with Crippen LogP contribution in [0.15, 0.2) is 68.9 Å². The Morgan fingerprint density at radius 3 is 2.56 bits per heavy atom. The Morgan fingerprint density at radius 1 is 1.08 bits per heavy atom. The van der Waals surface area contributed by atoms with Crippen LogP contribution in [0.1, 0.15) is 22.7 Å². The predicted molar refractivity (Wildman–Crippen MR) is 102 cm³/mol. The number of halogens is 1. The molecule has 0 amide bonds. The average molecular weight is 435 g/mol. The molecule has 0 saturated carbocycles. The summed E-state index contributed by atoms with van der Waals surface area (Å²) in [6.45, 7) is 0.460. The van der Waals surface area contributed by atoms with Gasteiger partial charge < -0.3 is 0 Å². The van der Waals surface area contributed by atoms with Crippen LogP contribution in [-0.2, 0) is 16.4 Å². The van der Waals surface area contributed by atoms with Gasteiger partial charge in [0.1, 0.15) is 4.21 Å². The second kappa shape index (κ2) is 6.64. The molecule has 1 aromatic carbocycles. The van der Waals surface area contributed by atoms with Crippen LogP contribution in [-0.4, -0.2) is 24.3 Å². The largest absolute Gasteiger partial charge is 0.265 e. The maximum absolute atomic E-state index is 13.3. The highest BCUT2D eigenvalue weighted by Crippen LogP contribution is 2.40. The van der Waals surface area contributed by atoms with Gasteiger partial charge in [-0.05, 0) is 63.3 Å². The Kier molecular flexibility index (Phi) is 4.49. The van der Waals surface area contributed by atoms with Gasteiger partial charge in [-0.3, -0.25) is 4.98 Å². The molecule has 1 aliphatic rings. The van der Waals surface area contributed by atoms with Crippen molar-refractivity contribution in [2.45, 2.75) is 16.7 Å². The number of benzene rings is 1. The molecule has 1 atom stereocenters. The number of sulfonamides is 1. The molecule has 0 N–H and O–H groups in total. The topological polar surface area (TPSA) is 50.3 Å². The van der Waals surface area contributed by atoms with Crippen LogP contribution in [0.5, 0.6) is 0 Å². The molecule has 0 aliphatic carbocycles. The van der Waals surface area contributed by atoms with Crippen molar-refractivity contribution in [3.05, 3.63) is 81.4 Å². The van der Waals surface area contributed by atoms with E-state index in [-0.39, 0.29) is 6.04 Å². The summed E-state index contributed by atoms with van der Waals surface area (Å²) in [5.74, 6) is 0. The molecule has 3 aromatic rings. The Hall–Kier alpha value is -1.54. The molecule has 0 bridgehead atoms. The van der Waals surface area contributed by atoms with E-state index in [9.17, 15) is 8.42 Å². The molecule has 2 aromatic heterocycles. The lowest BCUT2D eigenvalue weighted by Gasteiger charge is -2.36. The molecule has 0 spiro atoms. The average Bonchev–Trinajstić information content (AvgIpc) is 3.08. The van der Waals surface area contributed by atoms with Crippen LogP contribution < -0.4 is 0 Å². The van der Waals surface area contributed by atoms with Crippen LogP contribution in [0, 0.1) is 0 Å². The number of hydrogen-bond donors (Lipinski definition) is 0. The fourth-order valence-corrected chi connectivity index (χ4v) is 6.98. The highest BCUT2D eigenvalue weighted by Gasteiger charge is 2.37. The zero-order chi connectivity index (χ0) is 17.4. The van der Waals surface area contributed by atoms with Gasteiger partial charge in [0, 0.05) is 18.9 Å². The Labute approximate surface area is 159 Å². The van der Waals surface area contributed by atoms with E-state index >= 15 is 0 Å². The van der Waals surface area contributed by atoms with Gasteiger partial charge in [0.2, 0.25) is 0 Å². The van der Waals surface area contributed by atoms with Crippen molar-refractivity contribution in [1.82, 2.24) is 9.29 Å². The van der Waals surface area contributed by atoms with Gasteiger partial charge in [-0.15, -0.1) is 11.3 Å². The van der Waals surface area contributed by atoms with Crippen molar-refractivity contribution in [2.24, 2.45) is 0 Å². The molecule has 1 unspecified atom stereocenters. The quantitative estimate of drug-likeness (QED) is 0.619. The number of aromatic nitrogens is 1. The molecule has 4 nitrogen and oxygen atoms in total. The monoisotopic (exact) mass is 434 g/mol. The lowest BCUT2D eigenvalue weighted by Crippen LogP contribution is -2.40. The highest BCUT2D eigenvalue weighted by atomic mass is 79.9. The highest BCUT2D eigenvalue weighted by molar-refractivity contribution is 9.11. The maximum Gasteiger partial charge on any atom is 0.253 e. The van der Waals surface area contributed by atoms with Crippen molar-refractivity contribution in [3.8, 4) is 0 Å².